The third-order valence-electron chi connectivity index (χ3n) is 9.51. The summed E-state index contributed by atoms with van der Waals surface area (Å²) in [7, 11) is 0. The molecule has 6 aromatic rings. The Hall–Kier alpha value is -5.29. The summed E-state index contributed by atoms with van der Waals surface area (Å²) in [6.07, 6.45) is -7.22. The molecular weight excluding hydrogens is 998 g/mol. The summed E-state index contributed by atoms with van der Waals surface area (Å²) >= 11 is -0.0483. The Morgan fingerprint density at radius 1 is 0.323 bits per heavy atom. The van der Waals surface area contributed by atoms with Gasteiger partial charge in [-0.15, -0.1) is 21.9 Å². The average Bonchev–Trinajstić information content (AvgIpc) is 3.24. The summed E-state index contributed by atoms with van der Waals surface area (Å²) in [6, 6.07) is 17.7. The van der Waals surface area contributed by atoms with Crippen molar-refractivity contribution < 1.29 is 109 Å². The van der Waals surface area contributed by atoms with Crippen LogP contribution in [0.25, 0.3) is 0 Å². The number of halogens is 21. The molecule has 0 spiro atoms. The molecule has 0 nitrogen and oxygen atoms in total. The molecule has 0 bridgehead atoms. The van der Waals surface area contributed by atoms with Crippen LogP contribution in [0.2, 0.25) is 0 Å². The summed E-state index contributed by atoms with van der Waals surface area (Å²) in [5, 5.41) is 0. The Labute approximate surface area is 346 Å². The molecule has 0 heterocycles. The van der Waals surface area contributed by atoms with Crippen molar-refractivity contribution in [3.8, 4) is 0 Å². The normalized spacial score (nSPS) is 11.7. The molecule has 0 saturated carbocycles. The maximum Gasteiger partial charge on any atom is 0.358 e. The Morgan fingerprint density at radius 3 is 0.806 bits per heavy atom. The van der Waals surface area contributed by atoms with Crippen molar-refractivity contribution in [2.75, 3.05) is 0 Å². The fourth-order valence-electron chi connectivity index (χ4n) is 6.67. The van der Waals surface area contributed by atoms with Gasteiger partial charge in [0.2, 0.25) is 0 Å². The molecule has 0 radical (unpaired) electrons. The van der Waals surface area contributed by atoms with Gasteiger partial charge in [0.05, 0.1) is 0 Å². The molecule has 0 amide bonds. The quantitative estimate of drug-likeness (QED) is 0.0528. The van der Waals surface area contributed by atoms with E-state index in [-0.39, 0.29) is 21.2 Å². The Morgan fingerprint density at radius 2 is 0.548 bits per heavy atom. The third-order valence-corrected chi connectivity index (χ3v) is 12.9. The van der Waals surface area contributed by atoms with Crippen molar-refractivity contribution in [2.45, 2.75) is 26.7 Å². The van der Waals surface area contributed by atoms with Crippen LogP contribution in [0.3, 0.4) is 0 Å². The zero-order valence-electron chi connectivity index (χ0n) is 30.7. The van der Waals surface area contributed by atoms with Crippen LogP contribution in [0.1, 0.15) is 30.9 Å². The highest BCUT2D eigenvalue weighted by molar-refractivity contribution is 7.20. The van der Waals surface area contributed by atoms with E-state index in [2.05, 4.69) is 69.3 Å². The van der Waals surface area contributed by atoms with Crippen LogP contribution in [-0.2, 0) is 0 Å². The molecule has 0 fully saturated rings. The van der Waals surface area contributed by atoms with Gasteiger partial charge >= 0.3 is 21.2 Å². The lowest BCUT2D eigenvalue weighted by molar-refractivity contribution is -0.599. The average molecular weight is 1020 g/mol. The van der Waals surface area contributed by atoms with E-state index in [9.17, 15) is 52.7 Å². The number of hydrogen-bond donors (Lipinski definition) is 0. The van der Waals surface area contributed by atoms with Gasteiger partial charge in [-0.05, 0) is 25.0 Å². The molecule has 22 heteroatoms. The fraction of sp³-hybridized carbons (Fsp3) is 0.100. The lowest BCUT2D eigenvalue weighted by Crippen LogP contribution is -3.62. The maximum absolute atomic E-state index is 15.4. The predicted octanol–water partition coefficient (Wildman–Crippen LogP) is 7.09. The molecule has 0 aliphatic rings. The van der Waals surface area contributed by atoms with Gasteiger partial charge < -0.3 is 0 Å². The van der Waals surface area contributed by atoms with Crippen molar-refractivity contribution in [3.05, 3.63) is 183 Å². The zero-order valence-corrected chi connectivity index (χ0v) is 32.9. The van der Waals surface area contributed by atoms with E-state index < -0.39 is 144 Å². The molecule has 0 atom stereocenters. The van der Waals surface area contributed by atoms with Crippen LogP contribution in [0.5, 0.6) is 0 Å². The number of rotatable bonds is 7. The van der Waals surface area contributed by atoms with E-state index in [1.165, 1.54) is 11.1 Å². The highest BCUT2D eigenvalue weighted by atomic mass is 127. The van der Waals surface area contributed by atoms with Crippen molar-refractivity contribution in [1.29, 1.82) is 0 Å². The first-order valence-electron chi connectivity index (χ1n) is 16.9. The molecule has 62 heavy (non-hydrogen) atoms. The first-order valence-corrected chi connectivity index (χ1v) is 19.1. The van der Waals surface area contributed by atoms with E-state index >= 15 is 35.1 Å². The van der Waals surface area contributed by atoms with Crippen LogP contribution in [-0.4, -0.2) is 6.15 Å². The smallest absolute Gasteiger partial charge is 0.207 e. The largest absolute Gasteiger partial charge is 0.358 e. The fourth-order valence-corrected chi connectivity index (χ4v) is 9.79. The summed E-state index contributed by atoms with van der Waals surface area (Å²) in [4.78, 5) is 0. The van der Waals surface area contributed by atoms with Gasteiger partial charge in [-0.25, -0.2) is 87.8 Å². The minimum Gasteiger partial charge on any atom is -0.207 e. The lowest BCUT2D eigenvalue weighted by atomic mass is 9.12. The molecule has 0 unspecified atom stereocenters. The predicted molar refractivity (Wildman–Crippen MR) is 178 cm³/mol. The first kappa shape index (κ1) is 47.8. The number of benzene rings is 6. The minimum absolute atomic E-state index is 0.0483. The monoisotopic (exact) mass is 1020 g/mol. The van der Waals surface area contributed by atoms with Gasteiger partial charge in [-0.1, -0.05) is 50.2 Å². The Balaban J connectivity index is 0.000000355. The second-order valence-electron chi connectivity index (χ2n) is 13.3. The SMILES string of the molecule is Cc1ccccc1[I+]c1ccccc1C(C)C.Fc1c(F)c(F)c([B-](c2c(F)c(F)c(F)c(F)c2F)(c2c(F)c(F)c(F)c(F)c2F)c2c(F)c(F)c(F)c(F)c2F)c(F)c1F. The van der Waals surface area contributed by atoms with Crippen molar-refractivity contribution in [1.82, 2.24) is 0 Å². The van der Waals surface area contributed by atoms with Crippen molar-refractivity contribution in [2.24, 2.45) is 0 Å². The summed E-state index contributed by atoms with van der Waals surface area (Å²) in [5.41, 5.74) is -11.4. The van der Waals surface area contributed by atoms with E-state index in [4.69, 9.17) is 0 Å². The molecule has 6 rings (SSSR count). The molecule has 0 aliphatic heterocycles. The van der Waals surface area contributed by atoms with E-state index in [1.54, 1.807) is 7.14 Å². The van der Waals surface area contributed by atoms with Gasteiger partial charge in [0.1, 0.15) is 52.7 Å². The zero-order chi connectivity index (χ0) is 46.6. The van der Waals surface area contributed by atoms with Gasteiger partial charge in [0.25, 0.3) is 0 Å². The number of aryl methyl sites for hydroxylation is 1. The lowest BCUT2D eigenvalue weighted by Gasteiger charge is -2.44. The van der Waals surface area contributed by atoms with Crippen LogP contribution < -0.4 is 43.1 Å². The van der Waals surface area contributed by atoms with E-state index in [0.717, 1.165) is 0 Å². The van der Waals surface area contributed by atoms with Crippen LogP contribution >= 0.6 is 0 Å². The van der Waals surface area contributed by atoms with Crippen LogP contribution in [0, 0.1) is 130 Å². The third kappa shape index (κ3) is 7.54. The van der Waals surface area contributed by atoms with Crippen LogP contribution in [0.4, 0.5) is 87.8 Å². The molecule has 0 aliphatic carbocycles. The van der Waals surface area contributed by atoms with E-state index in [0.29, 0.717) is 5.92 Å². The highest BCUT2D eigenvalue weighted by Gasteiger charge is 2.52. The van der Waals surface area contributed by atoms with Gasteiger partial charge in [-0.3, -0.25) is 0 Å². The maximum atomic E-state index is 15.4. The summed E-state index contributed by atoms with van der Waals surface area (Å²) in [6.45, 7) is 6.77. The van der Waals surface area contributed by atoms with Gasteiger partial charge in [0, 0.05) is 11.1 Å². The standard InChI is InChI=1S/C24BF20.C16H18I/c26-5-1(6(27)14(35)21(42)13(5)34)25(2-7(28)15(36)22(43)16(37)8(2)29,3-9(30)17(38)23(44)18(39)10(3)31)4-11(32)19(40)24(45)20(41)12(4)33;1-12(2)14-9-5-7-11-16(14)17-15-10-6-4-8-13(15)3/h;4-12H,1-3H3/q-1;+1. The molecule has 0 saturated heterocycles. The second-order valence-corrected chi connectivity index (χ2v) is 16.2. The second kappa shape index (κ2) is 17.8. The molecule has 0 aromatic heterocycles. The minimum atomic E-state index is -7.22. The Kier molecular flexibility index (Phi) is 13.7. The van der Waals surface area contributed by atoms with Crippen LogP contribution in [0.15, 0.2) is 48.5 Å². The summed E-state index contributed by atoms with van der Waals surface area (Å²) in [5.74, 6) is -70.8. The van der Waals surface area contributed by atoms with Crippen molar-refractivity contribution >= 4 is 28.0 Å². The first-order chi connectivity index (χ1) is 28.9. The van der Waals surface area contributed by atoms with E-state index in [1.807, 2.05) is 0 Å². The summed E-state index contributed by atoms with van der Waals surface area (Å²) < 4.78 is 297. The topological polar surface area (TPSA) is 0 Å². The Bertz CT molecular complexity index is 2390. The van der Waals surface area contributed by atoms with Gasteiger partial charge in [-0.2, -0.15) is 0 Å². The van der Waals surface area contributed by atoms with Crippen molar-refractivity contribution in [3.63, 3.8) is 0 Å². The molecule has 328 valence electrons. The van der Waals surface area contributed by atoms with Gasteiger partial charge in [0.15, 0.2) is 76.9 Å². The highest BCUT2D eigenvalue weighted by Crippen LogP contribution is 2.31. The molecule has 6 aromatic carbocycles. The molecule has 0 N–H and O–H groups in total. The number of hydrogen-bond acceptors (Lipinski definition) is 0. The molecular formula is C40H18BF20I.